The lowest BCUT2D eigenvalue weighted by Crippen LogP contribution is -2.32. The lowest BCUT2D eigenvalue weighted by Gasteiger charge is -2.26. The van der Waals surface area contributed by atoms with Gasteiger partial charge >= 0.3 is 0 Å². The van der Waals surface area contributed by atoms with E-state index in [2.05, 4.69) is 0 Å². The van der Waals surface area contributed by atoms with E-state index in [1.165, 1.54) is 23.9 Å². The van der Waals surface area contributed by atoms with E-state index in [-0.39, 0.29) is 17.8 Å². The van der Waals surface area contributed by atoms with Crippen LogP contribution in [-0.4, -0.2) is 37.3 Å². The van der Waals surface area contributed by atoms with E-state index >= 15 is 0 Å². The number of nitrogens with zero attached hydrogens (tertiary/aromatic N) is 1. The summed E-state index contributed by atoms with van der Waals surface area (Å²) in [5.74, 6) is 1.65. The Morgan fingerprint density at radius 3 is 2.65 bits per heavy atom. The van der Waals surface area contributed by atoms with Gasteiger partial charge in [-0.2, -0.15) is 0 Å². The monoisotopic (exact) mass is 375 g/mol. The lowest BCUT2D eigenvalue weighted by molar-refractivity contribution is -0.129. The van der Waals surface area contributed by atoms with Gasteiger partial charge in [0.1, 0.15) is 17.3 Å². The van der Waals surface area contributed by atoms with Crippen molar-refractivity contribution >= 4 is 17.7 Å². The minimum Gasteiger partial charge on any atom is -0.497 e. The smallest absolute Gasteiger partial charge is 0.233 e. The molecule has 0 radical (unpaired) electrons. The van der Waals surface area contributed by atoms with Crippen LogP contribution in [0, 0.1) is 5.82 Å². The first-order valence-corrected chi connectivity index (χ1v) is 9.50. The molecule has 0 bridgehead atoms. The Morgan fingerprint density at radius 2 is 1.96 bits per heavy atom. The van der Waals surface area contributed by atoms with Gasteiger partial charge in [0.05, 0.1) is 26.0 Å². The Kier molecular flexibility index (Phi) is 6.04. The van der Waals surface area contributed by atoms with Crippen LogP contribution in [0.15, 0.2) is 47.4 Å². The third kappa shape index (κ3) is 4.12. The van der Waals surface area contributed by atoms with Crippen LogP contribution in [0.3, 0.4) is 0 Å². The van der Waals surface area contributed by atoms with E-state index in [1.54, 1.807) is 26.4 Å². The standard InChI is InChI=1S/C20H22FNO3S/c1-24-15-7-10-19(25-2)17(12-15)18-4-3-11-22(18)20(23)13-26-16-8-5-14(21)6-9-16/h5-10,12,18H,3-4,11,13H2,1-2H3. The Labute approximate surface area is 157 Å². The SMILES string of the molecule is COc1ccc(OC)c(C2CCCN2C(=O)CSc2ccc(F)cc2)c1. The first-order chi connectivity index (χ1) is 12.6. The van der Waals surface area contributed by atoms with Crippen molar-refractivity contribution in [1.29, 1.82) is 0 Å². The molecule has 3 rings (SSSR count). The molecule has 0 N–H and O–H groups in total. The van der Waals surface area contributed by atoms with Crippen LogP contribution in [0.2, 0.25) is 0 Å². The third-order valence-electron chi connectivity index (χ3n) is 4.54. The van der Waals surface area contributed by atoms with Gasteiger partial charge < -0.3 is 14.4 Å². The fourth-order valence-electron chi connectivity index (χ4n) is 3.25. The number of carbonyl (C=O) groups is 1. The summed E-state index contributed by atoms with van der Waals surface area (Å²) in [5.41, 5.74) is 0.976. The number of thioether (sulfide) groups is 1. The molecular weight excluding hydrogens is 353 g/mol. The number of amides is 1. The molecule has 6 heteroatoms. The maximum absolute atomic E-state index is 13.0. The zero-order valence-electron chi connectivity index (χ0n) is 14.9. The molecule has 1 aliphatic rings. The molecule has 1 aliphatic heterocycles. The summed E-state index contributed by atoms with van der Waals surface area (Å²) in [7, 11) is 3.26. The molecule has 0 aromatic heterocycles. The second kappa shape index (κ2) is 8.45. The molecule has 2 aromatic rings. The second-order valence-electron chi connectivity index (χ2n) is 6.10. The van der Waals surface area contributed by atoms with Crippen LogP contribution in [0.5, 0.6) is 11.5 Å². The maximum atomic E-state index is 13.0. The summed E-state index contributed by atoms with van der Waals surface area (Å²) in [5, 5.41) is 0. The molecule has 1 unspecified atom stereocenters. The number of benzene rings is 2. The molecule has 0 saturated carbocycles. The van der Waals surface area contributed by atoms with Gasteiger partial charge in [-0.1, -0.05) is 0 Å². The number of hydrogen-bond acceptors (Lipinski definition) is 4. The summed E-state index contributed by atoms with van der Waals surface area (Å²) < 4.78 is 23.8. The molecule has 0 aliphatic carbocycles. The fraction of sp³-hybridized carbons (Fsp3) is 0.350. The molecule has 26 heavy (non-hydrogen) atoms. The van der Waals surface area contributed by atoms with Crippen molar-refractivity contribution in [2.75, 3.05) is 26.5 Å². The van der Waals surface area contributed by atoms with E-state index in [9.17, 15) is 9.18 Å². The minimum atomic E-state index is -0.273. The van der Waals surface area contributed by atoms with Crippen LogP contribution in [0.1, 0.15) is 24.4 Å². The van der Waals surface area contributed by atoms with Crippen LogP contribution in [-0.2, 0) is 4.79 Å². The molecular formula is C20H22FNO3S. The normalized spacial score (nSPS) is 16.6. The van der Waals surface area contributed by atoms with Crippen molar-refractivity contribution in [3.63, 3.8) is 0 Å². The number of likely N-dealkylation sites (tertiary alicyclic amines) is 1. The van der Waals surface area contributed by atoms with Crippen LogP contribution >= 0.6 is 11.8 Å². The summed E-state index contributed by atoms with van der Waals surface area (Å²) in [6.07, 6.45) is 1.86. The molecule has 1 heterocycles. The number of rotatable bonds is 6. The lowest BCUT2D eigenvalue weighted by atomic mass is 10.0. The molecule has 1 amide bonds. The number of methoxy groups -OCH3 is 2. The largest absolute Gasteiger partial charge is 0.497 e. The highest BCUT2D eigenvalue weighted by Gasteiger charge is 2.32. The number of halogens is 1. The van der Waals surface area contributed by atoms with Gasteiger partial charge in [-0.3, -0.25) is 4.79 Å². The average Bonchev–Trinajstić information content (AvgIpc) is 3.16. The second-order valence-corrected chi connectivity index (χ2v) is 7.14. The van der Waals surface area contributed by atoms with Gasteiger partial charge in [0.2, 0.25) is 5.91 Å². The van der Waals surface area contributed by atoms with Crippen molar-refractivity contribution in [3.8, 4) is 11.5 Å². The summed E-state index contributed by atoms with van der Waals surface area (Å²) in [4.78, 5) is 15.6. The predicted molar refractivity (Wildman–Crippen MR) is 100 cm³/mol. The van der Waals surface area contributed by atoms with Crippen LogP contribution < -0.4 is 9.47 Å². The minimum absolute atomic E-state index is 0.0126. The fourth-order valence-corrected chi connectivity index (χ4v) is 4.03. The molecule has 138 valence electrons. The van der Waals surface area contributed by atoms with E-state index in [4.69, 9.17) is 9.47 Å². The molecule has 2 aromatic carbocycles. The van der Waals surface area contributed by atoms with Crippen molar-refractivity contribution in [2.24, 2.45) is 0 Å². The first-order valence-electron chi connectivity index (χ1n) is 8.52. The Balaban J connectivity index is 1.73. The number of carbonyl (C=O) groups excluding carboxylic acids is 1. The summed E-state index contributed by atoms with van der Waals surface area (Å²) in [6.45, 7) is 0.730. The average molecular weight is 375 g/mol. The Bertz CT molecular complexity index is 766. The van der Waals surface area contributed by atoms with Crippen molar-refractivity contribution < 1.29 is 18.7 Å². The first kappa shape index (κ1) is 18.6. The highest BCUT2D eigenvalue weighted by Crippen LogP contribution is 2.39. The van der Waals surface area contributed by atoms with Crippen molar-refractivity contribution in [1.82, 2.24) is 4.90 Å². The predicted octanol–water partition coefficient (Wildman–Crippen LogP) is 4.30. The Morgan fingerprint density at radius 1 is 1.19 bits per heavy atom. The Hall–Kier alpha value is -2.21. The van der Waals surface area contributed by atoms with Gasteiger partial charge in [-0.15, -0.1) is 11.8 Å². The van der Waals surface area contributed by atoms with E-state index in [1.807, 2.05) is 23.1 Å². The van der Waals surface area contributed by atoms with Gasteiger partial charge in [-0.25, -0.2) is 4.39 Å². The van der Waals surface area contributed by atoms with Gasteiger partial charge in [-0.05, 0) is 55.3 Å². The zero-order chi connectivity index (χ0) is 18.5. The van der Waals surface area contributed by atoms with Crippen molar-refractivity contribution in [3.05, 3.63) is 53.8 Å². The topological polar surface area (TPSA) is 38.8 Å². The summed E-state index contributed by atoms with van der Waals surface area (Å²) in [6, 6.07) is 11.9. The van der Waals surface area contributed by atoms with E-state index in [0.717, 1.165) is 41.3 Å². The van der Waals surface area contributed by atoms with Gasteiger partial charge in [0, 0.05) is 17.0 Å². The third-order valence-corrected chi connectivity index (χ3v) is 5.54. The highest BCUT2D eigenvalue weighted by molar-refractivity contribution is 8.00. The molecule has 4 nitrogen and oxygen atoms in total. The molecule has 0 spiro atoms. The van der Waals surface area contributed by atoms with Crippen LogP contribution in [0.4, 0.5) is 4.39 Å². The molecule has 1 saturated heterocycles. The molecule has 1 fully saturated rings. The highest BCUT2D eigenvalue weighted by atomic mass is 32.2. The number of hydrogen-bond donors (Lipinski definition) is 0. The van der Waals surface area contributed by atoms with Gasteiger partial charge in [0.15, 0.2) is 0 Å². The molecule has 1 atom stereocenters. The van der Waals surface area contributed by atoms with Crippen LogP contribution in [0.25, 0.3) is 0 Å². The van der Waals surface area contributed by atoms with E-state index < -0.39 is 0 Å². The summed E-state index contributed by atoms with van der Waals surface area (Å²) >= 11 is 1.43. The van der Waals surface area contributed by atoms with E-state index in [0.29, 0.717) is 5.75 Å². The van der Waals surface area contributed by atoms with Gasteiger partial charge in [0.25, 0.3) is 0 Å². The quantitative estimate of drug-likeness (QED) is 0.706. The maximum Gasteiger partial charge on any atom is 0.233 e. The number of ether oxygens (including phenoxy) is 2. The van der Waals surface area contributed by atoms with Crippen molar-refractivity contribution in [2.45, 2.75) is 23.8 Å². The zero-order valence-corrected chi connectivity index (χ0v) is 15.7.